The van der Waals surface area contributed by atoms with Crippen LogP contribution in [0.4, 0.5) is 0 Å². The van der Waals surface area contributed by atoms with Crippen molar-refractivity contribution in [2.75, 3.05) is 0 Å². The smallest absolute Gasteiger partial charge is 0.216 e. The lowest BCUT2D eigenvalue weighted by Crippen LogP contribution is -2.01. The molecule has 0 heterocycles. The Morgan fingerprint density at radius 1 is 1.86 bits per heavy atom. The SMILES string of the molecule is C[C@H]1C[C@H]1[N+](=O)[O-]. The Bertz CT molecular complexity index is 102. The van der Waals surface area contributed by atoms with Crippen LogP contribution in [-0.2, 0) is 0 Å². The van der Waals surface area contributed by atoms with E-state index in [9.17, 15) is 10.1 Å². The Labute approximate surface area is 41.5 Å². The van der Waals surface area contributed by atoms with E-state index in [1.54, 1.807) is 0 Å². The highest BCUT2D eigenvalue weighted by molar-refractivity contribution is 4.81. The van der Waals surface area contributed by atoms with Crippen LogP contribution in [0.5, 0.6) is 0 Å². The van der Waals surface area contributed by atoms with Crippen LogP contribution in [0, 0.1) is 16.0 Å². The van der Waals surface area contributed by atoms with Crippen molar-refractivity contribution in [3.63, 3.8) is 0 Å². The molecule has 1 aliphatic rings. The van der Waals surface area contributed by atoms with E-state index in [1.807, 2.05) is 6.92 Å². The second-order valence-electron chi connectivity index (χ2n) is 2.07. The fourth-order valence-electron chi connectivity index (χ4n) is 0.596. The summed E-state index contributed by atoms with van der Waals surface area (Å²) < 4.78 is 0. The van der Waals surface area contributed by atoms with Gasteiger partial charge in [0.15, 0.2) is 0 Å². The summed E-state index contributed by atoms with van der Waals surface area (Å²) in [6, 6.07) is -0.208. The molecule has 0 radical (unpaired) electrons. The molecular formula is C4H7NO2. The van der Waals surface area contributed by atoms with E-state index in [4.69, 9.17) is 0 Å². The summed E-state index contributed by atoms with van der Waals surface area (Å²) in [4.78, 5) is 9.57. The zero-order valence-electron chi connectivity index (χ0n) is 4.13. The molecule has 3 nitrogen and oxygen atoms in total. The van der Waals surface area contributed by atoms with Gasteiger partial charge in [-0.15, -0.1) is 0 Å². The molecule has 0 unspecified atom stereocenters. The lowest BCUT2D eigenvalue weighted by atomic mass is 10.5. The predicted molar refractivity (Wildman–Crippen MR) is 24.6 cm³/mol. The topological polar surface area (TPSA) is 43.1 Å². The van der Waals surface area contributed by atoms with E-state index >= 15 is 0 Å². The van der Waals surface area contributed by atoms with Gasteiger partial charge in [-0.1, -0.05) is 6.92 Å². The summed E-state index contributed by atoms with van der Waals surface area (Å²) in [5.74, 6) is 0.343. The number of hydrogen-bond donors (Lipinski definition) is 0. The predicted octanol–water partition coefficient (Wildman–Crippen LogP) is 0.671. The van der Waals surface area contributed by atoms with Gasteiger partial charge in [-0.3, -0.25) is 10.1 Å². The lowest BCUT2D eigenvalue weighted by Gasteiger charge is -1.80. The van der Waals surface area contributed by atoms with Crippen LogP contribution in [0.1, 0.15) is 13.3 Å². The van der Waals surface area contributed by atoms with Crippen LogP contribution in [0.3, 0.4) is 0 Å². The normalized spacial score (nSPS) is 37.9. The molecule has 0 bridgehead atoms. The van der Waals surface area contributed by atoms with E-state index in [-0.39, 0.29) is 11.0 Å². The number of nitrogens with zero attached hydrogens (tertiary/aromatic N) is 1. The largest absolute Gasteiger partial charge is 0.264 e. The van der Waals surface area contributed by atoms with Crippen LogP contribution in [0.15, 0.2) is 0 Å². The first-order chi connectivity index (χ1) is 3.22. The van der Waals surface area contributed by atoms with Gasteiger partial charge in [0, 0.05) is 17.3 Å². The second kappa shape index (κ2) is 1.18. The van der Waals surface area contributed by atoms with Crippen LogP contribution in [0.25, 0.3) is 0 Å². The average Bonchev–Trinajstić information content (AvgIpc) is 2.17. The molecule has 0 aromatic rings. The molecule has 3 heteroatoms. The molecule has 2 atom stereocenters. The second-order valence-corrected chi connectivity index (χ2v) is 2.07. The van der Waals surface area contributed by atoms with E-state index in [0.717, 1.165) is 6.42 Å². The van der Waals surface area contributed by atoms with Gasteiger partial charge in [-0.2, -0.15) is 0 Å². The number of hydrogen-bond acceptors (Lipinski definition) is 2. The van der Waals surface area contributed by atoms with E-state index in [1.165, 1.54) is 0 Å². The molecule has 0 aromatic heterocycles. The standard InChI is InChI=1S/C4H7NO2/c1-3-2-4(3)5(6)7/h3-4H,2H2,1H3/t3-,4+/m0/s1. The number of nitro groups is 1. The zero-order valence-corrected chi connectivity index (χ0v) is 4.13. The van der Waals surface area contributed by atoms with Gasteiger partial charge >= 0.3 is 0 Å². The Morgan fingerprint density at radius 2 is 2.29 bits per heavy atom. The molecule has 0 spiro atoms. The minimum Gasteiger partial charge on any atom is -0.264 e. The van der Waals surface area contributed by atoms with Crippen LogP contribution in [0.2, 0.25) is 0 Å². The maximum atomic E-state index is 9.78. The van der Waals surface area contributed by atoms with Gasteiger partial charge in [-0.05, 0) is 0 Å². The highest BCUT2D eigenvalue weighted by Gasteiger charge is 2.44. The zero-order chi connectivity index (χ0) is 5.44. The molecule has 0 saturated heterocycles. The van der Waals surface area contributed by atoms with Crippen LogP contribution in [-0.4, -0.2) is 11.0 Å². The Kier molecular flexibility index (Phi) is 0.770. The summed E-state index contributed by atoms with van der Waals surface area (Å²) >= 11 is 0. The van der Waals surface area contributed by atoms with Gasteiger partial charge in [0.1, 0.15) is 0 Å². The van der Waals surface area contributed by atoms with Crippen molar-refractivity contribution in [3.05, 3.63) is 10.1 Å². The minimum atomic E-state index is -0.208. The van der Waals surface area contributed by atoms with Crippen molar-refractivity contribution in [1.29, 1.82) is 0 Å². The molecule has 1 saturated carbocycles. The fraction of sp³-hybridized carbons (Fsp3) is 1.00. The summed E-state index contributed by atoms with van der Waals surface area (Å²) in [6.07, 6.45) is 0.785. The summed E-state index contributed by atoms with van der Waals surface area (Å²) in [5.41, 5.74) is 0. The highest BCUT2D eigenvalue weighted by Crippen LogP contribution is 2.31. The number of rotatable bonds is 1. The molecule has 1 rings (SSSR count). The van der Waals surface area contributed by atoms with E-state index < -0.39 is 0 Å². The Balaban J connectivity index is 2.33. The molecule has 1 fully saturated rings. The molecule has 0 aromatic carbocycles. The molecule has 7 heavy (non-hydrogen) atoms. The van der Waals surface area contributed by atoms with Gasteiger partial charge in [0.2, 0.25) is 6.04 Å². The lowest BCUT2D eigenvalue weighted by molar-refractivity contribution is -0.498. The first-order valence-electron chi connectivity index (χ1n) is 2.35. The van der Waals surface area contributed by atoms with E-state index in [0.29, 0.717) is 5.92 Å². The van der Waals surface area contributed by atoms with Gasteiger partial charge in [0.25, 0.3) is 0 Å². The van der Waals surface area contributed by atoms with Crippen molar-refractivity contribution < 1.29 is 4.92 Å². The summed E-state index contributed by atoms with van der Waals surface area (Å²) in [5, 5.41) is 9.78. The molecule has 1 aliphatic carbocycles. The molecule has 0 N–H and O–H groups in total. The third-order valence-electron chi connectivity index (χ3n) is 1.34. The third-order valence-corrected chi connectivity index (χ3v) is 1.34. The van der Waals surface area contributed by atoms with Crippen LogP contribution < -0.4 is 0 Å². The highest BCUT2D eigenvalue weighted by atomic mass is 16.6. The first kappa shape index (κ1) is 4.56. The molecule has 40 valence electrons. The van der Waals surface area contributed by atoms with Gasteiger partial charge in [0.05, 0.1) is 0 Å². The quantitative estimate of drug-likeness (QED) is 0.360. The van der Waals surface area contributed by atoms with Gasteiger partial charge in [-0.25, -0.2) is 0 Å². The fourth-order valence-corrected chi connectivity index (χ4v) is 0.596. The minimum absolute atomic E-state index is 0.204. The van der Waals surface area contributed by atoms with E-state index in [2.05, 4.69) is 0 Å². The van der Waals surface area contributed by atoms with Crippen LogP contribution >= 0.6 is 0 Å². The maximum absolute atomic E-state index is 9.78. The summed E-state index contributed by atoms with van der Waals surface area (Å²) in [6.45, 7) is 1.90. The van der Waals surface area contributed by atoms with Crippen molar-refractivity contribution in [1.82, 2.24) is 0 Å². The first-order valence-corrected chi connectivity index (χ1v) is 2.35. The van der Waals surface area contributed by atoms with Crippen molar-refractivity contribution in [3.8, 4) is 0 Å². The van der Waals surface area contributed by atoms with Crippen molar-refractivity contribution in [2.45, 2.75) is 19.4 Å². The molecule has 0 amide bonds. The van der Waals surface area contributed by atoms with Crippen molar-refractivity contribution in [2.24, 2.45) is 5.92 Å². The monoisotopic (exact) mass is 101 g/mol. The summed E-state index contributed by atoms with van der Waals surface area (Å²) in [7, 11) is 0. The van der Waals surface area contributed by atoms with Gasteiger partial charge < -0.3 is 0 Å². The maximum Gasteiger partial charge on any atom is 0.216 e. The Morgan fingerprint density at radius 3 is 2.29 bits per heavy atom. The molecule has 0 aliphatic heterocycles. The molecular weight excluding hydrogens is 94.0 g/mol. The van der Waals surface area contributed by atoms with Crippen molar-refractivity contribution >= 4 is 0 Å². The third kappa shape index (κ3) is 0.706. The Hall–Kier alpha value is -0.600. The average molecular weight is 101 g/mol.